The average molecular weight is 262 g/mol. The molecular formula is C13H26O3S. The monoisotopic (exact) mass is 262 g/mol. The van der Waals surface area contributed by atoms with Crippen molar-refractivity contribution in [3.8, 4) is 0 Å². The lowest BCUT2D eigenvalue weighted by atomic mass is 9.89. The smallest absolute Gasteiger partial charge is 0.158 e. The standard InChI is InChI=1S/C13H26O3S/c1-4-16-11-13(8-6-5-7-9-13)17(14,15)10-12(2)3/h12H,4-11H2,1-3H3. The van der Waals surface area contributed by atoms with Gasteiger partial charge in [0.15, 0.2) is 9.84 Å². The van der Waals surface area contributed by atoms with Gasteiger partial charge in [-0.15, -0.1) is 0 Å². The number of hydrogen-bond donors (Lipinski definition) is 0. The van der Waals surface area contributed by atoms with Crippen molar-refractivity contribution >= 4 is 9.84 Å². The van der Waals surface area contributed by atoms with E-state index in [1.807, 2.05) is 20.8 Å². The molecule has 0 aromatic heterocycles. The van der Waals surface area contributed by atoms with Gasteiger partial charge in [-0.1, -0.05) is 33.1 Å². The summed E-state index contributed by atoms with van der Waals surface area (Å²) in [5, 5.41) is 0. The van der Waals surface area contributed by atoms with Gasteiger partial charge in [-0.2, -0.15) is 0 Å². The molecule has 0 bridgehead atoms. The quantitative estimate of drug-likeness (QED) is 0.739. The normalized spacial score (nSPS) is 20.7. The van der Waals surface area contributed by atoms with E-state index < -0.39 is 14.6 Å². The van der Waals surface area contributed by atoms with Crippen LogP contribution in [0.15, 0.2) is 0 Å². The maximum Gasteiger partial charge on any atom is 0.158 e. The molecular weight excluding hydrogens is 236 g/mol. The number of ether oxygens (including phenoxy) is 1. The molecule has 1 aliphatic rings. The van der Waals surface area contributed by atoms with E-state index in [1.165, 1.54) is 0 Å². The van der Waals surface area contributed by atoms with Gasteiger partial charge < -0.3 is 4.74 Å². The Morgan fingerprint density at radius 1 is 1.18 bits per heavy atom. The minimum Gasteiger partial charge on any atom is -0.380 e. The summed E-state index contributed by atoms with van der Waals surface area (Å²) in [6, 6.07) is 0. The highest BCUT2D eigenvalue weighted by molar-refractivity contribution is 7.92. The van der Waals surface area contributed by atoms with Gasteiger partial charge in [-0.25, -0.2) is 8.42 Å². The number of sulfone groups is 1. The van der Waals surface area contributed by atoms with Crippen molar-refractivity contribution in [1.82, 2.24) is 0 Å². The molecule has 0 heterocycles. The third kappa shape index (κ3) is 3.68. The first kappa shape index (κ1) is 15.0. The molecule has 0 saturated heterocycles. The Morgan fingerprint density at radius 2 is 1.76 bits per heavy atom. The van der Waals surface area contributed by atoms with Crippen LogP contribution in [0.4, 0.5) is 0 Å². The third-order valence-corrected chi connectivity index (χ3v) is 6.50. The highest BCUT2D eigenvalue weighted by Crippen LogP contribution is 2.36. The predicted molar refractivity (Wildman–Crippen MR) is 70.9 cm³/mol. The van der Waals surface area contributed by atoms with E-state index in [-0.39, 0.29) is 5.92 Å². The Bertz CT molecular complexity index is 314. The number of rotatable bonds is 6. The molecule has 4 heteroatoms. The molecule has 0 unspecified atom stereocenters. The second kappa shape index (κ2) is 6.19. The molecule has 0 aromatic carbocycles. The van der Waals surface area contributed by atoms with Gasteiger partial charge in [0.25, 0.3) is 0 Å². The molecule has 0 N–H and O–H groups in total. The fourth-order valence-corrected chi connectivity index (χ4v) is 5.05. The molecule has 1 saturated carbocycles. The summed E-state index contributed by atoms with van der Waals surface area (Å²) in [4.78, 5) is 0. The summed E-state index contributed by atoms with van der Waals surface area (Å²) < 4.78 is 30.0. The SMILES string of the molecule is CCOCC1(S(=O)(=O)CC(C)C)CCCCC1. The van der Waals surface area contributed by atoms with Crippen molar-refractivity contribution in [1.29, 1.82) is 0 Å². The van der Waals surface area contributed by atoms with Crippen LogP contribution < -0.4 is 0 Å². The summed E-state index contributed by atoms with van der Waals surface area (Å²) in [5.41, 5.74) is 0. The molecule has 17 heavy (non-hydrogen) atoms. The second-order valence-electron chi connectivity index (χ2n) is 5.56. The lowest BCUT2D eigenvalue weighted by Crippen LogP contribution is -2.46. The van der Waals surface area contributed by atoms with Gasteiger partial charge in [0, 0.05) is 6.61 Å². The van der Waals surface area contributed by atoms with Crippen molar-refractivity contribution < 1.29 is 13.2 Å². The van der Waals surface area contributed by atoms with Crippen LogP contribution in [0.1, 0.15) is 52.9 Å². The first-order valence-corrected chi connectivity index (χ1v) is 8.39. The van der Waals surface area contributed by atoms with Crippen molar-refractivity contribution in [3.63, 3.8) is 0 Å². The van der Waals surface area contributed by atoms with Crippen LogP contribution in [0, 0.1) is 5.92 Å². The minimum absolute atomic E-state index is 0.195. The fraction of sp³-hybridized carbons (Fsp3) is 1.00. The Kier molecular flexibility index (Phi) is 5.45. The van der Waals surface area contributed by atoms with Gasteiger partial charge in [0.2, 0.25) is 0 Å². The molecule has 0 spiro atoms. The molecule has 0 radical (unpaired) electrons. The average Bonchev–Trinajstić information content (AvgIpc) is 2.25. The van der Waals surface area contributed by atoms with Crippen LogP contribution in [-0.4, -0.2) is 32.1 Å². The van der Waals surface area contributed by atoms with E-state index in [2.05, 4.69) is 0 Å². The lowest BCUT2D eigenvalue weighted by molar-refractivity contribution is 0.105. The highest BCUT2D eigenvalue weighted by Gasteiger charge is 2.44. The number of hydrogen-bond acceptors (Lipinski definition) is 3. The van der Waals surface area contributed by atoms with Crippen molar-refractivity contribution in [2.75, 3.05) is 19.0 Å². The van der Waals surface area contributed by atoms with Crippen LogP contribution in [0.5, 0.6) is 0 Å². The topological polar surface area (TPSA) is 43.4 Å². The Morgan fingerprint density at radius 3 is 2.24 bits per heavy atom. The maximum atomic E-state index is 12.5. The van der Waals surface area contributed by atoms with E-state index in [4.69, 9.17) is 4.74 Å². The Hall–Kier alpha value is -0.0900. The maximum absolute atomic E-state index is 12.5. The molecule has 102 valence electrons. The molecule has 3 nitrogen and oxygen atoms in total. The Labute approximate surface area is 106 Å². The summed E-state index contributed by atoms with van der Waals surface area (Å²) in [5.74, 6) is 0.487. The van der Waals surface area contributed by atoms with Gasteiger partial charge in [0.05, 0.1) is 17.1 Å². The van der Waals surface area contributed by atoms with Crippen LogP contribution in [-0.2, 0) is 14.6 Å². The van der Waals surface area contributed by atoms with Crippen molar-refractivity contribution in [3.05, 3.63) is 0 Å². The summed E-state index contributed by atoms with van der Waals surface area (Å²) in [6.07, 6.45) is 4.75. The van der Waals surface area contributed by atoms with Gasteiger partial charge in [-0.05, 0) is 25.7 Å². The minimum atomic E-state index is -3.04. The molecule has 0 aliphatic heterocycles. The van der Waals surface area contributed by atoms with Crippen LogP contribution in [0.25, 0.3) is 0 Å². The second-order valence-corrected chi connectivity index (χ2v) is 7.98. The first-order chi connectivity index (χ1) is 7.93. The van der Waals surface area contributed by atoms with E-state index in [0.29, 0.717) is 19.0 Å². The summed E-state index contributed by atoms with van der Waals surface area (Å²) >= 11 is 0. The lowest BCUT2D eigenvalue weighted by Gasteiger charge is -2.36. The van der Waals surface area contributed by atoms with Gasteiger partial charge in [0.1, 0.15) is 0 Å². The molecule has 0 aromatic rings. The van der Waals surface area contributed by atoms with E-state index >= 15 is 0 Å². The van der Waals surface area contributed by atoms with E-state index in [0.717, 1.165) is 32.1 Å². The highest BCUT2D eigenvalue weighted by atomic mass is 32.2. The van der Waals surface area contributed by atoms with E-state index in [1.54, 1.807) is 0 Å². The molecule has 1 aliphatic carbocycles. The third-order valence-electron chi connectivity index (χ3n) is 3.55. The van der Waals surface area contributed by atoms with Crippen LogP contribution in [0.3, 0.4) is 0 Å². The molecule has 1 fully saturated rings. The molecule has 0 atom stereocenters. The molecule has 0 amide bonds. The fourth-order valence-electron chi connectivity index (χ4n) is 2.64. The summed E-state index contributed by atoms with van der Waals surface area (Å²) in [6.45, 7) is 6.84. The molecule has 1 rings (SSSR count). The largest absolute Gasteiger partial charge is 0.380 e. The van der Waals surface area contributed by atoms with Crippen LogP contribution >= 0.6 is 0 Å². The zero-order valence-corrected chi connectivity index (χ0v) is 12.2. The summed E-state index contributed by atoms with van der Waals surface area (Å²) in [7, 11) is -3.04. The van der Waals surface area contributed by atoms with Crippen molar-refractivity contribution in [2.45, 2.75) is 57.6 Å². The first-order valence-electron chi connectivity index (χ1n) is 6.73. The zero-order chi connectivity index (χ0) is 12.9. The van der Waals surface area contributed by atoms with Crippen LogP contribution in [0.2, 0.25) is 0 Å². The predicted octanol–water partition coefficient (Wildman–Crippen LogP) is 2.80. The van der Waals surface area contributed by atoms with Crippen molar-refractivity contribution in [2.24, 2.45) is 5.92 Å². The van der Waals surface area contributed by atoms with E-state index in [9.17, 15) is 8.42 Å². The zero-order valence-electron chi connectivity index (χ0n) is 11.4. The van der Waals surface area contributed by atoms with Gasteiger partial charge >= 0.3 is 0 Å². The Balaban J connectivity index is 2.88. The van der Waals surface area contributed by atoms with Gasteiger partial charge in [-0.3, -0.25) is 0 Å².